The minimum Gasteiger partial charge on any atom is -0.481 e. The lowest BCUT2D eigenvalue weighted by Gasteiger charge is -2.37. The number of carboxylic acids is 1. The summed E-state index contributed by atoms with van der Waals surface area (Å²) >= 11 is 0. The van der Waals surface area contributed by atoms with Crippen LogP contribution in [-0.4, -0.2) is 29.1 Å². The molecule has 1 fully saturated rings. The lowest BCUT2D eigenvalue weighted by atomic mass is 10.0. The van der Waals surface area contributed by atoms with Gasteiger partial charge in [-0.15, -0.1) is 0 Å². The van der Waals surface area contributed by atoms with E-state index in [9.17, 15) is 4.79 Å². The van der Waals surface area contributed by atoms with Crippen LogP contribution in [0, 0.1) is 24.2 Å². The van der Waals surface area contributed by atoms with Gasteiger partial charge in [0.25, 0.3) is 0 Å². The van der Waals surface area contributed by atoms with Crippen molar-refractivity contribution >= 4 is 11.8 Å². The van der Waals surface area contributed by atoms with Crippen molar-refractivity contribution in [2.45, 2.75) is 6.92 Å². The molecule has 1 aromatic rings. The monoisotopic (exact) mass is 217 g/mol. The molecule has 1 N–H and O–H groups in total. The predicted molar refractivity (Wildman–Crippen MR) is 57.0 cm³/mol. The number of nitriles is 1. The van der Waals surface area contributed by atoms with Crippen LogP contribution in [0.5, 0.6) is 0 Å². The molecule has 0 aromatic carbocycles. The summed E-state index contributed by atoms with van der Waals surface area (Å²) in [6.07, 6.45) is 0. The summed E-state index contributed by atoms with van der Waals surface area (Å²) in [6, 6.07) is 5.66. The first-order chi connectivity index (χ1) is 7.61. The van der Waals surface area contributed by atoms with Crippen molar-refractivity contribution in [3.63, 3.8) is 0 Å². The molecule has 0 unspecified atom stereocenters. The number of hydrogen-bond donors (Lipinski definition) is 1. The molecule has 1 aromatic heterocycles. The molecular formula is C11H11N3O2. The molecule has 5 nitrogen and oxygen atoms in total. The second-order valence-electron chi connectivity index (χ2n) is 3.89. The molecule has 2 rings (SSSR count). The Morgan fingerprint density at radius 1 is 1.62 bits per heavy atom. The van der Waals surface area contributed by atoms with Gasteiger partial charge in [0, 0.05) is 13.1 Å². The first-order valence-corrected chi connectivity index (χ1v) is 4.97. The zero-order chi connectivity index (χ0) is 11.7. The van der Waals surface area contributed by atoms with Crippen molar-refractivity contribution in [2.24, 2.45) is 5.92 Å². The maximum atomic E-state index is 10.6. The topological polar surface area (TPSA) is 77.2 Å². The molecule has 0 aliphatic carbocycles. The number of carboxylic acid groups (broad SMARTS) is 1. The van der Waals surface area contributed by atoms with Gasteiger partial charge in [-0.25, -0.2) is 4.98 Å². The fraction of sp³-hybridized carbons (Fsp3) is 0.364. The molecule has 82 valence electrons. The zero-order valence-electron chi connectivity index (χ0n) is 8.84. The normalized spacial score (nSPS) is 15.4. The van der Waals surface area contributed by atoms with E-state index in [4.69, 9.17) is 10.4 Å². The summed E-state index contributed by atoms with van der Waals surface area (Å²) in [5.41, 5.74) is 1.23. The lowest BCUT2D eigenvalue weighted by molar-refractivity contribution is -0.142. The van der Waals surface area contributed by atoms with E-state index in [0.29, 0.717) is 24.6 Å². The maximum Gasteiger partial charge on any atom is 0.310 e. The van der Waals surface area contributed by atoms with Gasteiger partial charge in [0.05, 0.1) is 5.92 Å². The van der Waals surface area contributed by atoms with E-state index in [1.54, 1.807) is 0 Å². The van der Waals surface area contributed by atoms with E-state index in [1.165, 1.54) is 0 Å². The van der Waals surface area contributed by atoms with E-state index < -0.39 is 5.97 Å². The van der Waals surface area contributed by atoms with Crippen LogP contribution in [0.3, 0.4) is 0 Å². The van der Waals surface area contributed by atoms with E-state index in [0.717, 1.165) is 5.56 Å². The van der Waals surface area contributed by atoms with Gasteiger partial charge in [0.1, 0.15) is 17.6 Å². The molecular weight excluding hydrogens is 206 g/mol. The number of carbonyl (C=O) groups is 1. The highest BCUT2D eigenvalue weighted by Gasteiger charge is 2.33. The fourth-order valence-corrected chi connectivity index (χ4v) is 1.63. The van der Waals surface area contributed by atoms with Gasteiger partial charge >= 0.3 is 5.97 Å². The average Bonchev–Trinajstić information content (AvgIpc) is 2.17. The molecule has 0 amide bonds. The van der Waals surface area contributed by atoms with Crippen molar-refractivity contribution < 1.29 is 9.90 Å². The number of aryl methyl sites for hydroxylation is 1. The lowest BCUT2D eigenvalue weighted by Crippen LogP contribution is -2.50. The van der Waals surface area contributed by atoms with Crippen molar-refractivity contribution in [3.05, 3.63) is 23.4 Å². The van der Waals surface area contributed by atoms with Crippen LogP contribution < -0.4 is 4.90 Å². The van der Waals surface area contributed by atoms with Crippen molar-refractivity contribution in [1.29, 1.82) is 5.26 Å². The Hall–Kier alpha value is -2.09. The Labute approximate surface area is 92.9 Å². The number of rotatable bonds is 2. The molecule has 1 aliphatic heterocycles. The molecule has 16 heavy (non-hydrogen) atoms. The van der Waals surface area contributed by atoms with Gasteiger partial charge in [-0.3, -0.25) is 4.79 Å². The van der Waals surface area contributed by atoms with E-state index >= 15 is 0 Å². The summed E-state index contributed by atoms with van der Waals surface area (Å²) in [5.74, 6) is -0.405. The Balaban J connectivity index is 2.13. The first kappa shape index (κ1) is 10.4. The van der Waals surface area contributed by atoms with Gasteiger partial charge in [-0.1, -0.05) is 6.07 Å². The number of anilines is 1. The third kappa shape index (κ3) is 1.70. The summed E-state index contributed by atoms with van der Waals surface area (Å²) in [5, 5.41) is 17.6. The van der Waals surface area contributed by atoms with Gasteiger partial charge in [0.15, 0.2) is 0 Å². The van der Waals surface area contributed by atoms with Gasteiger partial charge in [-0.2, -0.15) is 5.26 Å². The molecule has 0 atom stereocenters. The molecule has 0 bridgehead atoms. The summed E-state index contributed by atoms with van der Waals surface area (Å²) in [6.45, 7) is 2.76. The van der Waals surface area contributed by atoms with Crippen LogP contribution in [0.2, 0.25) is 0 Å². The quantitative estimate of drug-likeness (QED) is 0.792. The Kier molecular flexibility index (Phi) is 2.49. The number of nitrogens with zero attached hydrogens (tertiary/aromatic N) is 3. The smallest absolute Gasteiger partial charge is 0.310 e. The van der Waals surface area contributed by atoms with E-state index in [1.807, 2.05) is 30.0 Å². The number of aromatic nitrogens is 1. The van der Waals surface area contributed by atoms with Crippen LogP contribution in [0.15, 0.2) is 12.1 Å². The minimum atomic E-state index is -0.774. The highest BCUT2D eigenvalue weighted by molar-refractivity contribution is 5.74. The maximum absolute atomic E-state index is 10.6. The van der Waals surface area contributed by atoms with Crippen molar-refractivity contribution in [3.8, 4) is 6.07 Å². The average molecular weight is 217 g/mol. The van der Waals surface area contributed by atoms with Gasteiger partial charge in [-0.05, 0) is 18.6 Å². The SMILES string of the molecule is Cc1ccc(N2CC(C(=O)O)C2)nc1C#N. The van der Waals surface area contributed by atoms with Gasteiger partial charge < -0.3 is 10.0 Å². The van der Waals surface area contributed by atoms with E-state index in [-0.39, 0.29) is 5.92 Å². The second-order valence-corrected chi connectivity index (χ2v) is 3.89. The highest BCUT2D eigenvalue weighted by atomic mass is 16.4. The Morgan fingerprint density at radius 2 is 2.31 bits per heavy atom. The van der Waals surface area contributed by atoms with E-state index in [2.05, 4.69) is 4.98 Å². The summed E-state index contributed by atoms with van der Waals surface area (Å²) in [7, 11) is 0. The summed E-state index contributed by atoms with van der Waals surface area (Å²) in [4.78, 5) is 16.7. The molecule has 0 radical (unpaired) electrons. The minimum absolute atomic E-state index is 0.311. The highest BCUT2D eigenvalue weighted by Crippen LogP contribution is 2.23. The third-order valence-electron chi connectivity index (χ3n) is 2.74. The molecule has 1 saturated heterocycles. The molecule has 5 heteroatoms. The summed E-state index contributed by atoms with van der Waals surface area (Å²) < 4.78 is 0. The van der Waals surface area contributed by atoms with Crippen LogP contribution in [0.4, 0.5) is 5.82 Å². The molecule has 2 heterocycles. The molecule has 0 spiro atoms. The largest absolute Gasteiger partial charge is 0.481 e. The van der Waals surface area contributed by atoms with Crippen LogP contribution in [0.25, 0.3) is 0 Å². The number of aliphatic carboxylic acids is 1. The van der Waals surface area contributed by atoms with Crippen molar-refractivity contribution in [1.82, 2.24) is 4.98 Å². The zero-order valence-corrected chi connectivity index (χ0v) is 8.84. The van der Waals surface area contributed by atoms with Gasteiger partial charge in [0.2, 0.25) is 0 Å². The molecule has 1 aliphatic rings. The fourth-order valence-electron chi connectivity index (χ4n) is 1.63. The van der Waals surface area contributed by atoms with Crippen LogP contribution >= 0.6 is 0 Å². The second kappa shape index (κ2) is 3.81. The van der Waals surface area contributed by atoms with Crippen LogP contribution in [0.1, 0.15) is 11.3 Å². The van der Waals surface area contributed by atoms with Crippen molar-refractivity contribution in [2.75, 3.05) is 18.0 Å². The third-order valence-corrected chi connectivity index (χ3v) is 2.74. The number of hydrogen-bond acceptors (Lipinski definition) is 4. The standard InChI is InChI=1S/C11H11N3O2/c1-7-2-3-10(13-9(7)4-12)14-5-8(6-14)11(15)16/h2-3,8H,5-6H2,1H3,(H,15,16). The van der Waals surface area contributed by atoms with Crippen LogP contribution in [-0.2, 0) is 4.79 Å². The first-order valence-electron chi connectivity index (χ1n) is 4.97. The Morgan fingerprint density at radius 3 is 2.88 bits per heavy atom. The number of pyridine rings is 1. The Bertz CT molecular complexity index is 473. The molecule has 0 saturated carbocycles. The predicted octanol–water partition coefficient (Wildman–Crippen LogP) is 0.782.